The number of carbonyl (C=O) groups is 2. The highest BCUT2D eigenvalue weighted by Crippen LogP contribution is 2.26. The molecule has 0 radical (unpaired) electrons. The molecule has 2 heterocycles. The van der Waals surface area contributed by atoms with Gasteiger partial charge in [0.15, 0.2) is 11.6 Å². The fourth-order valence-corrected chi connectivity index (χ4v) is 3.74. The van der Waals surface area contributed by atoms with E-state index in [0.717, 1.165) is 12.1 Å². The Morgan fingerprint density at radius 2 is 1.90 bits per heavy atom. The number of halogens is 2. The molecule has 0 aliphatic carbocycles. The molecule has 1 aliphatic heterocycles. The summed E-state index contributed by atoms with van der Waals surface area (Å²) < 4.78 is 26.8. The van der Waals surface area contributed by atoms with Crippen molar-refractivity contribution in [1.82, 2.24) is 9.88 Å². The first kappa shape index (κ1) is 19.6. The number of hydrogen-bond acceptors (Lipinski definition) is 3. The number of nitrogens with zero attached hydrogens (tertiary/aromatic N) is 2. The lowest BCUT2D eigenvalue weighted by molar-refractivity contribution is -0.130. The molecule has 0 bridgehead atoms. The number of benzene rings is 2. The van der Waals surface area contributed by atoms with Gasteiger partial charge in [-0.25, -0.2) is 8.78 Å². The third-order valence-electron chi connectivity index (χ3n) is 5.24. The number of carbonyl (C=O) groups excluding carboxylic acids is 2. The summed E-state index contributed by atoms with van der Waals surface area (Å²) in [5, 5.41) is 12.7. The fraction of sp³-hybridized carbons (Fsp3) is 0.227. The summed E-state index contributed by atoms with van der Waals surface area (Å²) in [6.07, 6.45) is 0.188. The van der Waals surface area contributed by atoms with Gasteiger partial charge in [-0.15, -0.1) is 0 Å². The summed E-state index contributed by atoms with van der Waals surface area (Å²) in [5.41, 5.74) is 1.52. The maximum absolute atomic E-state index is 13.4. The van der Waals surface area contributed by atoms with Crippen LogP contribution in [-0.4, -0.2) is 34.3 Å². The number of amides is 2. The average molecular weight is 408 g/mol. The highest BCUT2D eigenvalue weighted by Gasteiger charge is 2.38. The lowest BCUT2D eigenvalue weighted by atomic mass is 10.1. The topological polar surface area (TPSA) is 89.0 Å². The minimum absolute atomic E-state index is 0.0663. The van der Waals surface area contributed by atoms with Gasteiger partial charge < -0.3 is 15.2 Å². The predicted octanol–water partition coefficient (Wildman–Crippen LogP) is 3.37. The molecule has 1 fully saturated rings. The van der Waals surface area contributed by atoms with Gasteiger partial charge in [-0.1, -0.05) is 18.2 Å². The zero-order valence-corrected chi connectivity index (χ0v) is 15.9. The summed E-state index contributed by atoms with van der Waals surface area (Å²) in [6, 6.07) is 14.0. The van der Waals surface area contributed by atoms with Gasteiger partial charge in [0.2, 0.25) is 11.8 Å². The zero-order chi connectivity index (χ0) is 21.3. The molecule has 0 spiro atoms. The Bertz CT molecular complexity index is 1110. The van der Waals surface area contributed by atoms with Crippen molar-refractivity contribution in [2.45, 2.75) is 18.9 Å². The number of likely N-dealkylation sites (tertiary alicyclic amines) is 1. The van der Waals surface area contributed by atoms with E-state index in [1.54, 1.807) is 30.3 Å². The Morgan fingerprint density at radius 3 is 2.63 bits per heavy atom. The second-order valence-corrected chi connectivity index (χ2v) is 7.30. The van der Waals surface area contributed by atoms with Gasteiger partial charge >= 0.3 is 0 Å². The number of para-hydroxylation sites is 1. The Labute approximate surface area is 171 Å². The summed E-state index contributed by atoms with van der Waals surface area (Å²) in [6.45, 7) is 0.138. The predicted molar refractivity (Wildman–Crippen MR) is 106 cm³/mol. The lowest BCUT2D eigenvalue weighted by Gasteiger charge is -2.19. The Kier molecular flexibility index (Phi) is 5.19. The quantitative estimate of drug-likeness (QED) is 0.694. The van der Waals surface area contributed by atoms with Gasteiger partial charge in [0.1, 0.15) is 6.04 Å². The van der Waals surface area contributed by atoms with Crippen LogP contribution in [0, 0.1) is 28.9 Å². The number of H-pyrrole nitrogens is 1. The standard InChI is InChI=1S/C22H18F2N4O2/c23-18-8-13-6-16(26-20(13)10-19(18)24)9-21(29)28-12-14(7-17(28)11-25)22(30)27-15-4-2-1-3-5-15/h1-6,8,10,14,17,26H,7,9,12H2,(H,27,30). The van der Waals surface area contributed by atoms with Gasteiger partial charge in [0, 0.05) is 34.9 Å². The number of rotatable bonds is 4. The molecule has 3 aromatic rings. The van der Waals surface area contributed by atoms with Crippen LogP contribution in [0.25, 0.3) is 10.9 Å². The van der Waals surface area contributed by atoms with Crippen molar-refractivity contribution >= 4 is 28.4 Å². The van der Waals surface area contributed by atoms with E-state index in [9.17, 15) is 23.6 Å². The summed E-state index contributed by atoms with van der Waals surface area (Å²) in [4.78, 5) is 29.6. The average Bonchev–Trinajstić information content (AvgIpc) is 3.33. The first-order valence-electron chi connectivity index (χ1n) is 9.46. The molecule has 0 saturated carbocycles. The number of anilines is 1. The van der Waals surface area contributed by atoms with Crippen molar-refractivity contribution in [2.24, 2.45) is 5.92 Å². The normalized spacial score (nSPS) is 18.4. The number of nitriles is 1. The molecule has 2 amide bonds. The zero-order valence-electron chi connectivity index (χ0n) is 15.9. The van der Waals surface area contributed by atoms with Crippen LogP contribution in [0.3, 0.4) is 0 Å². The fourth-order valence-electron chi connectivity index (χ4n) is 3.74. The van der Waals surface area contributed by atoms with E-state index in [0.29, 0.717) is 22.3 Å². The highest BCUT2D eigenvalue weighted by molar-refractivity contribution is 5.94. The molecular formula is C22H18F2N4O2. The molecule has 1 aliphatic rings. The van der Waals surface area contributed by atoms with Gasteiger partial charge in [-0.3, -0.25) is 9.59 Å². The van der Waals surface area contributed by atoms with Crippen LogP contribution in [0.4, 0.5) is 14.5 Å². The first-order valence-corrected chi connectivity index (χ1v) is 9.46. The van der Waals surface area contributed by atoms with Crippen LogP contribution in [0.2, 0.25) is 0 Å². The number of aromatic amines is 1. The van der Waals surface area contributed by atoms with Crippen molar-refractivity contribution in [3.63, 3.8) is 0 Å². The van der Waals surface area contributed by atoms with Gasteiger partial charge in [0.25, 0.3) is 0 Å². The van der Waals surface area contributed by atoms with Crippen LogP contribution in [-0.2, 0) is 16.0 Å². The number of nitrogens with one attached hydrogen (secondary N) is 2. The molecule has 30 heavy (non-hydrogen) atoms. The van der Waals surface area contributed by atoms with Gasteiger partial charge in [0.05, 0.1) is 18.4 Å². The number of hydrogen-bond donors (Lipinski definition) is 2. The molecule has 152 valence electrons. The number of fused-ring (bicyclic) bond motifs is 1. The summed E-state index contributed by atoms with van der Waals surface area (Å²) in [7, 11) is 0. The monoisotopic (exact) mass is 408 g/mol. The molecule has 1 saturated heterocycles. The largest absolute Gasteiger partial charge is 0.358 e. The van der Waals surface area contributed by atoms with E-state index >= 15 is 0 Å². The Balaban J connectivity index is 1.45. The van der Waals surface area contributed by atoms with Gasteiger partial charge in [-0.2, -0.15) is 5.26 Å². The second kappa shape index (κ2) is 7.95. The minimum atomic E-state index is -0.974. The third-order valence-corrected chi connectivity index (χ3v) is 5.24. The maximum atomic E-state index is 13.4. The molecular weight excluding hydrogens is 390 g/mol. The molecule has 2 aromatic carbocycles. The molecule has 1 aromatic heterocycles. The molecule has 6 nitrogen and oxygen atoms in total. The van der Waals surface area contributed by atoms with Crippen molar-refractivity contribution in [2.75, 3.05) is 11.9 Å². The van der Waals surface area contributed by atoms with Crippen molar-refractivity contribution in [1.29, 1.82) is 5.26 Å². The van der Waals surface area contributed by atoms with E-state index in [1.165, 1.54) is 4.90 Å². The summed E-state index contributed by atoms with van der Waals surface area (Å²) >= 11 is 0. The van der Waals surface area contributed by atoms with Crippen LogP contribution >= 0.6 is 0 Å². The Hall–Kier alpha value is -3.73. The second-order valence-electron chi connectivity index (χ2n) is 7.30. The van der Waals surface area contributed by atoms with Crippen LogP contribution in [0.5, 0.6) is 0 Å². The van der Waals surface area contributed by atoms with E-state index in [2.05, 4.69) is 16.4 Å². The van der Waals surface area contributed by atoms with E-state index in [-0.39, 0.29) is 31.2 Å². The lowest BCUT2D eigenvalue weighted by Crippen LogP contribution is -2.36. The third kappa shape index (κ3) is 3.87. The van der Waals surface area contributed by atoms with Crippen LogP contribution < -0.4 is 5.32 Å². The molecule has 2 N–H and O–H groups in total. The van der Waals surface area contributed by atoms with Crippen molar-refractivity contribution in [3.8, 4) is 6.07 Å². The minimum Gasteiger partial charge on any atom is -0.358 e. The van der Waals surface area contributed by atoms with Crippen molar-refractivity contribution < 1.29 is 18.4 Å². The van der Waals surface area contributed by atoms with Crippen LogP contribution in [0.15, 0.2) is 48.5 Å². The molecule has 2 atom stereocenters. The molecule has 4 rings (SSSR count). The smallest absolute Gasteiger partial charge is 0.229 e. The van der Waals surface area contributed by atoms with Crippen molar-refractivity contribution in [3.05, 3.63) is 65.9 Å². The molecule has 8 heteroatoms. The van der Waals surface area contributed by atoms with E-state index in [4.69, 9.17) is 0 Å². The van der Waals surface area contributed by atoms with E-state index in [1.807, 2.05) is 6.07 Å². The SMILES string of the molecule is N#CC1CC(C(=O)Nc2ccccc2)CN1C(=O)Cc1cc2cc(F)c(F)cc2[nH]1. The Morgan fingerprint density at radius 1 is 1.17 bits per heavy atom. The highest BCUT2D eigenvalue weighted by atomic mass is 19.2. The number of aromatic nitrogens is 1. The maximum Gasteiger partial charge on any atom is 0.229 e. The van der Waals surface area contributed by atoms with Gasteiger partial charge in [-0.05, 0) is 30.7 Å². The van der Waals surface area contributed by atoms with Crippen LogP contribution in [0.1, 0.15) is 12.1 Å². The molecule has 2 unspecified atom stereocenters. The van der Waals surface area contributed by atoms with E-state index < -0.39 is 23.6 Å². The first-order chi connectivity index (χ1) is 14.4. The summed E-state index contributed by atoms with van der Waals surface area (Å²) in [5.74, 6) is -3.00.